The van der Waals surface area contributed by atoms with Gasteiger partial charge in [-0.25, -0.2) is 0 Å². The summed E-state index contributed by atoms with van der Waals surface area (Å²) in [4.78, 5) is 21.9. The third kappa shape index (κ3) is 6.06. The van der Waals surface area contributed by atoms with Gasteiger partial charge < -0.3 is 14.8 Å². The van der Waals surface area contributed by atoms with Crippen molar-refractivity contribution in [3.8, 4) is 5.75 Å². The Morgan fingerprint density at radius 1 is 1.00 bits per heavy atom. The number of carbonyl (C=O) groups is 1. The van der Waals surface area contributed by atoms with Crippen LogP contribution in [0.3, 0.4) is 0 Å². The summed E-state index contributed by atoms with van der Waals surface area (Å²) < 4.78 is 11.9. The number of para-hydroxylation sites is 1. The third-order valence-corrected chi connectivity index (χ3v) is 6.67. The number of hydrogen-bond donors (Lipinski definition) is 1. The Balaban J connectivity index is 1.27. The summed E-state index contributed by atoms with van der Waals surface area (Å²) in [6, 6.07) is 22.5. The number of fused-ring (bicyclic) bond motifs is 1. The van der Waals surface area contributed by atoms with Gasteiger partial charge in [-0.15, -0.1) is 0 Å². The molecule has 1 saturated heterocycles. The van der Waals surface area contributed by atoms with Crippen molar-refractivity contribution in [2.45, 2.75) is 18.7 Å². The minimum atomic E-state index is -0.134. The third-order valence-electron chi connectivity index (χ3n) is 6.67. The second-order valence-corrected chi connectivity index (χ2v) is 9.04. The molecule has 1 aromatic heterocycles. The highest BCUT2D eigenvalue weighted by Gasteiger charge is 2.27. The van der Waals surface area contributed by atoms with Crippen LogP contribution >= 0.6 is 0 Å². The van der Waals surface area contributed by atoms with Crippen LogP contribution in [0, 0.1) is 0 Å². The Kier molecular flexibility index (Phi) is 7.68. The molecule has 2 aliphatic heterocycles. The number of aromatic nitrogens is 1. The van der Waals surface area contributed by atoms with Crippen LogP contribution in [0.4, 0.5) is 0 Å². The number of rotatable bonds is 7. The van der Waals surface area contributed by atoms with Crippen LogP contribution in [0.15, 0.2) is 79.1 Å². The van der Waals surface area contributed by atoms with Crippen LogP contribution in [0.2, 0.25) is 0 Å². The Morgan fingerprint density at radius 3 is 2.54 bits per heavy atom. The highest BCUT2D eigenvalue weighted by atomic mass is 16.5. The quantitative estimate of drug-likeness (QED) is 0.570. The fourth-order valence-electron chi connectivity index (χ4n) is 4.84. The van der Waals surface area contributed by atoms with E-state index in [4.69, 9.17) is 9.47 Å². The van der Waals surface area contributed by atoms with Gasteiger partial charge in [0.25, 0.3) is 0 Å². The molecule has 0 spiro atoms. The summed E-state index contributed by atoms with van der Waals surface area (Å²) in [5.74, 6) is 0.901. The molecule has 2 aliphatic rings. The lowest BCUT2D eigenvalue weighted by atomic mass is 10.1. The van der Waals surface area contributed by atoms with Gasteiger partial charge in [0, 0.05) is 50.7 Å². The maximum Gasteiger partial charge on any atom is 0.234 e. The molecule has 5 rings (SSSR count). The Bertz CT molecular complexity index is 1090. The van der Waals surface area contributed by atoms with Gasteiger partial charge in [-0.3, -0.25) is 19.6 Å². The van der Waals surface area contributed by atoms with E-state index in [0.717, 1.165) is 35.5 Å². The first-order chi connectivity index (χ1) is 17.3. The summed E-state index contributed by atoms with van der Waals surface area (Å²) >= 11 is 0. The van der Waals surface area contributed by atoms with Crippen molar-refractivity contribution < 1.29 is 14.3 Å². The van der Waals surface area contributed by atoms with Crippen LogP contribution < -0.4 is 10.1 Å². The number of pyridine rings is 1. The van der Waals surface area contributed by atoms with Crippen molar-refractivity contribution in [2.75, 3.05) is 45.9 Å². The lowest BCUT2D eigenvalue weighted by Gasteiger charge is -2.35. The lowest BCUT2D eigenvalue weighted by Crippen LogP contribution is -2.45. The zero-order valence-corrected chi connectivity index (χ0v) is 19.9. The molecule has 2 unspecified atom stereocenters. The van der Waals surface area contributed by atoms with Gasteiger partial charge in [-0.1, -0.05) is 48.5 Å². The number of nitrogens with zero attached hydrogens (tertiary/aromatic N) is 3. The topological polar surface area (TPSA) is 66.9 Å². The Morgan fingerprint density at radius 2 is 1.74 bits per heavy atom. The maximum atomic E-state index is 13.1. The summed E-state index contributed by atoms with van der Waals surface area (Å²) in [6.45, 7) is 5.30. The molecule has 182 valence electrons. The number of carbonyl (C=O) groups excluding carboxylic acids is 1. The van der Waals surface area contributed by atoms with Gasteiger partial charge in [0.1, 0.15) is 11.9 Å². The smallest absolute Gasteiger partial charge is 0.234 e. The van der Waals surface area contributed by atoms with E-state index in [1.165, 1.54) is 0 Å². The molecular weight excluding hydrogens is 440 g/mol. The first-order valence-electron chi connectivity index (χ1n) is 12.3. The Hall–Kier alpha value is -3.26. The van der Waals surface area contributed by atoms with E-state index in [9.17, 15) is 4.79 Å². The molecular formula is C28H32N4O3. The fraction of sp³-hybridized carbons (Fsp3) is 0.357. The van der Waals surface area contributed by atoms with Crippen LogP contribution in [-0.2, 0) is 16.1 Å². The number of nitrogens with one attached hydrogen (secondary N) is 1. The van der Waals surface area contributed by atoms with Crippen molar-refractivity contribution in [3.63, 3.8) is 0 Å². The van der Waals surface area contributed by atoms with Crippen molar-refractivity contribution in [1.29, 1.82) is 0 Å². The van der Waals surface area contributed by atoms with E-state index in [2.05, 4.69) is 38.3 Å². The minimum Gasteiger partial charge on any atom is -0.484 e. The van der Waals surface area contributed by atoms with Crippen LogP contribution in [-0.4, -0.2) is 66.6 Å². The van der Waals surface area contributed by atoms with E-state index in [1.54, 1.807) is 0 Å². The molecule has 7 nitrogen and oxygen atoms in total. The SMILES string of the molecule is O=C(CN1Cc2ccccc2OC(c2ccccc2)C1)NCC(c1ccncc1)N1CCOCC1. The van der Waals surface area contributed by atoms with Gasteiger partial charge >= 0.3 is 0 Å². The largest absolute Gasteiger partial charge is 0.484 e. The molecule has 1 N–H and O–H groups in total. The van der Waals surface area contributed by atoms with Gasteiger partial charge in [0.05, 0.1) is 25.8 Å². The van der Waals surface area contributed by atoms with Gasteiger partial charge in [0.15, 0.2) is 0 Å². The molecule has 35 heavy (non-hydrogen) atoms. The summed E-state index contributed by atoms with van der Waals surface area (Å²) in [5, 5.41) is 3.20. The lowest BCUT2D eigenvalue weighted by molar-refractivity contribution is -0.122. The standard InChI is InChI=1S/C28H32N4O3/c33-28(30-18-25(22-10-12-29-13-11-22)32-14-16-34-17-15-32)21-31-19-24-8-4-5-9-26(24)35-27(20-31)23-6-2-1-3-7-23/h1-13,25,27H,14-21H2,(H,30,33). The predicted molar refractivity (Wildman–Crippen MR) is 134 cm³/mol. The van der Waals surface area contributed by atoms with E-state index in [1.807, 2.05) is 60.9 Å². The fourth-order valence-corrected chi connectivity index (χ4v) is 4.84. The molecule has 3 heterocycles. The molecule has 0 radical (unpaired) electrons. The van der Waals surface area contributed by atoms with Crippen LogP contribution in [0.1, 0.15) is 28.8 Å². The maximum absolute atomic E-state index is 13.1. The monoisotopic (exact) mass is 472 g/mol. The van der Waals surface area contributed by atoms with E-state index in [-0.39, 0.29) is 18.1 Å². The normalized spacial score (nSPS) is 19.7. The molecule has 2 atom stereocenters. The first-order valence-corrected chi connectivity index (χ1v) is 12.3. The van der Waals surface area contributed by atoms with Gasteiger partial charge in [-0.2, -0.15) is 0 Å². The second-order valence-electron chi connectivity index (χ2n) is 9.04. The molecule has 3 aromatic rings. The van der Waals surface area contributed by atoms with Gasteiger partial charge in [0.2, 0.25) is 5.91 Å². The number of amides is 1. The molecule has 2 aromatic carbocycles. The molecule has 7 heteroatoms. The van der Waals surface area contributed by atoms with Crippen molar-refractivity contribution >= 4 is 5.91 Å². The average Bonchev–Trinajstić information content (AvgIpc) is 3.09. The molecule has 0 saturated carbocycles. The van der Waals surface area contributed by atoms with Gasteiger partial charge in [-0.05, 0) is 29.3 Å². The minimum absolute atomic E-state index is 0.0171. The highest BCUT2D eigenvalue weighted by molar-refractivity contribution is 5.78. The summed E-state index contributed by atoms with van der Waals surface area (Å²) in [6.07, 6.45) is 3.48. The second kappa shape index (κ2) is 11.4. The summed E-state index contributed by atoms with van der Waals surface area (Å²) in [7, 11) is 0. The number of ether oxygens (including phenoxy) is 2. The first kappa shape index (κ1) is 23.5. The van der Waals surface area contributed by atoms with Crippen molar-refractivity contribution in [2.24, 2.45) is 0 Å². The van der Waals surface area contributed by atoms with E-state index in [0.29, 0.717) is 39.4 Å². The summed E-state index contributed by atoms with van der Waals surface area (Å²) in [5.41, 5.74) is 3.37. The van der Waals surface area contributed by atoms with Crippen LogP contribution in [0.5, 0.6) is 5.75 Å². The van der Waals surface area contributed by atoms with E-state index < -0.39 is 0 Å². The van der Waals surface area contributed by atoms with Crippen molar-refractivity contribution in [1.82, 2.24) is 20.1 Å². The zero-order valence-electron chi connectivity index (χ0n) is 19.9. The van der Waals surface area contributed by atoms with E-state index >= 15 is 0 Å². The molecule has 0 aliphatic carbocycles. The molecule has 1 fully saturated rings. The zero-order chi connectivity index (χ0) is 23.9. The molecule has 1 amide bonds. The van der Waals surface area contributed by atoms with Crippen LogP contribution in [0.25, 0.3) is 0 Å². The predicted octanol–water partition coefficient (Wildman–Crippen LogP) is 3.21. The number of hydrogen-bond acceptors (Lipinski definition) is 6. The number of benzene rings is 2. The Labute approximate surface area is 206 Å². The number of morpholine rings is 1. The highest BCUT2D eigenvalue weighted by Crippen LogP contribution is 2.31. The average molecular weight is 473 g/mol. The van der Waals surface area contributed by atoms with Crippen molar-refractivity contribution in [3.05, 3.63) is 95.8 Å². The molecule has 0 bridgehead atoms.